The van der Waals surface area contributed by atoms with Gasteiger partial charge in [-0.3, -0.25) is 4.79 Å². The van der Waals surface area contributed by atoms with E-state index in [1.807, 2.05) is 18.2 Å². The average Bonchev–Trinajstić information content (AvgIpc) is 3.08. The SMILES string of the molecule is CC(=O)c1c[nH]c2ccc(OC3CC(c4ccc(C(F)(F)F)cc4)C3(C)C)cc12. The molecule has 0 bridgehead atoms. The number of halogens is 3. The van der Waals surface area contributed by atoms with Crippen molar-refractivity contribution in [2.24, 2.45) is 5.41 Å². The van der Waals surface area contributed by atoms with Gasteiger partial charge in [0.25, 0.3) is 0 Å². The zero-order valence-corrected chi connectivity index (χ0v) is 16.4. The van der Waals surface area contributed by atoms with Gasteiger partial charge in [-0.25, -0.2) is 0 Å². The molecule has 0 spiro atoms. The van der Waals surface area contributed by atoms with Gasteiger partial charge in [0.05, 0.1) is 5.56 Å². The van der Waals surface area contributed by atoms with Gasteiger partial charge in [-0.15, -0.1) is 0 Å². The quantitative estimate of drug-likeness (QED) is 0.518. The number of aromatic amines is 1. The number of ketones is 1. The zero-order valence-electron chi connectivity index (χ0n) is 16.4. The lowest BCUT2D eigenvalue weighted by Crippen LogP contribution is -2.50. The minimum Gasteiger partial charge on any atom is -0.490 e. The fourth-order valence-electron chi connectivity index (χ4n) is 4.18. The van der Waals surface area contributed by atoms with Crippen LogP contribution >= 0.6 is 0 Å². The first-order valence-electron chi connectivity index (χ1n) is 9.53. The number of benzene rings is 2. The number of Topliss-reactive ketones (excluding diaryl/α,β-unsaturated/α-hetero) is 1. The summed E-state index contributed by atoms with van der Waals surface area (Å²) in [5.41, 5.74) is 1.53. The van der Waals surface area contributed by atoms with Crippen LogP contribution in [-0.2, 0) is 6.18 Å². The molecule has 2 aromatic carbocycles. The monoisotopic (exact) mass is 401 g/mol. The lowest BCUT2D eigenvalue weighted by Gasteiger charge is -2.51. The standard InChI is InChI=1S/C23H22F3NO2/c1-13(28)18-12-27-20-9-8-16(10-17(18)20)29-21-11-19(22(21,2)3)14-4-6-15(7-5-14)23(24,25)26/h4-10,12,19,21,27H,11H2,1-3H3. The summed E-state index contributed by atoms with van der Waals surface area (Å²) in [5.74, 6) is 0.793. The maximum absolute atomic E-state index is 12.8. The minimum absolute atomic E-state index is 0.0141. The molecule has 4 rings (SSSR count). The van der Waals surface area contributed by atoms with Crippen LogP contribution < -0.4 is 4.74 Å². The van der Waals surface area contributed by atoms with Gasteiger partial charge in [-0.05, 0) is 55.2 Å². The molecular weight excluding hydrogens is 379 g/mol. The van der Waals surface area contributed by atoms with E-state index in [0.717, 1.165) is 35.0 Å². The number of aromatic nitrogens is 1. The number of H-pyrrole nitrogens is 1. The van der Waals surface area contributed by atoms with Crippen molar-refractivity contribution < 1.29 is 22.7 Å². The molecule has 1 aromatic heterocycles. The highest BCUT2D eigenvalue weighted by molar-refractivity contribution is 6.07. The Balaban J connectivity index is 1.51. The van der Waals surface area contributed by atoms with Crippen molar-refractivity contribution in [1.82, 2.24) is 4.98 Å². The van der Waals surface area contributed by atoms with E-state index >= 15 is 0 Å². The summed E-state index contributed by atoms with van der Waals surface area (Å²) in [7, 11) is 0. The van der Waals surface area contributed by atoms with Gasteiger partial charge in [0, 0.05) is 28.1 Å². The normalized spacial score (nSPS) is 21.0. The van der Waals surface area contributed by atoms with Gasteiger partial charge in [-0.1, -0.05) is 26.0 Å². The Kier molecular flexibility index (Phi) is 4.48. The Labute approximate surface area is 166 Å². The molecule has 6 heteroatoms. The first-order valence-corrected chi connectivity index (χ1v) is 9.53. The van der Waals surface area contributed by atoms with E-state index in [2.05, 4.69) is 18.8 Å². The third kappa shape index (κ3) is 3.41. The summed E-state index contributed by atoms with van der Waals surface area (Å²) in [6, 6.07) is 11.0. The number of carbonyl (C=O) groups excluding carboxylic acids is 1. The molecule has 0 aliphatic heterocycles. The molecule has 1 fully saturated rings. The summed E-state index contributed by atoms with van der Waals surface area (Å²) in [5, 5.41) is 0.825. The Hall–Kier alpha value is -2.76. The molecular formula is C23H22F3NO2. The zero-order chi connectivity index (χ0) is 21.0. The van der Waals surface area contributed by atoms with Gasteiger partial charge in [0.1, 0.15) is 11.9 Å². The average molecular weight is 401 g/mol. The van der Waals surface area contributed by atoms with E-state index in [0.29, 0.717) is 11.3 Å². The topological polar surface area (TPSA) is 42.1 Å². The summed E-state index contributed by atoms with van der Waals surface area (Å²) < 4.78 is 44.6. The van der Waals surface area contributed by atoms with Crippen LogP contribution in [0.15, 0.2) is 48.7 Å². The van der Waals surface area contributed by atoms with Crippen molar-refractivity contribution in [3.63, 3.8) is 0 Å². The van der Waals surface area contributed by atoms with Gasteiger partial charge in [0.15, 0.2) is 5.78 Å². The molecule has 0 saturated heterocycles. The highest BCUT2D eigenvalue weighted by Gasteiger charge is 2.50. The van der Waals surface area contributed by atoms with Gasteiger partial charge >= 0.3 is 6.18 Å². The number of rotatable bonds is 4. The molecule has 2 unspecified atom stereocenters. The van der Waals surface area contributed by atoms with Crippen LogP contribution in [0.25, 0.3) is 10.9 Å². The maximum Gasteiger partial charge on any atom is 0.416 e. The van der Waals surface area contributed by atoms with Crippen LogP contribution in [0.3, 0.4) is 0 Å². The highest BCUT2D eigenvalue weighted by Crippen LogP contribution is 2.54. The van der Waals surface area contributed by atoms with Crippen LogP contribution in [-0.4, -0.2) is 16.9 Å². The van der Waals surface area contributed by atoms with E-state index in [1.54, 1.807) is 18.3 Å². The smallest absolute Gasteiger partial charge is 0.416 e. The van der Waals surface area contributed by atoms with Crippen LogP contribution in [0, 0.1) is 5.41 Å². The van der Waals surface area contributed by atoms with Crippen molar-refractivity contribution in [2.75, 3.05) is 0 Å². The number of ether oxygens (including phenoxy) is 1. The summed E-state index contributed by atoms with van der Waals surface area (Å²) >= 11 is 0. The molecule has 1 heterocycles. The molecule has 0 amide bonds. The highest BCUT2D eigenvalue weighted by atomic mass is 19.4. The Bertz CT molecular complexity index is 1060. The van der Waals surface area contributed by atoms with Gasteiger partial charge in [0.2, 0.25) is 0 Å². The van der Waals surface area contributed by atoms with Crippen molar-refractivity contribution >= 4 is 16.7 Å². The molecule has 1 aliphatic carbocycles. The second kappa shape index (κ2) is 6.65. The minimum atomic E-state index is -4.32. The number of nitrogens with one attached hydrogen (secondary N) is 1. The second-order valence-electron chi connectivity index (χ2n) is 8.30. The van der Waals surface area contributed by atoms with E-state index in [-0.39, 0.29) is 23.2 Å². The van der Waals surface area contributed by atoms with E-state index in [1.165, 1.54) is 6.92 Å². The Morgan fingerprint density at radius 1 is 1.14 bits per heavy atom. The third-order valence-corrected chi connectivity index (χ3v) is 6.13. The summed E-state index contributed by atoms with van der Waals surface area (Å²) in [4.78, 5) is 14.9. The van der Waals surface area contributed by atoms with Crippen LogP contribution in [0.1, 0.15) is 54.6 Å². The molecule has 1 N–H and O–H groups in total. The molecule has 3 nitrogen and oxygen atoms in total. The van der Waals surface area contributed by atoms with Crippen molar-refractivity contribution in [2.45, 2.75) is 45.4 Å². The van der Waals surface area contributed by atoms with Crippen LogP contribution in [0.4, 0.5) is 13.2 Å². The number of hydrogen-bond donors (Lipinski definition) is 1. The third-order valence-electron chi connectivity index (χ3n) is 6.13. The van der Waals surface area contributed by atoms with Crippen molar-refractivity contribution in [3.8, 4) is 5.75 Å². The predicted octanol–water partition coefficient (Wildman–Crippen LogP) is 6.35. The molecule has 2 atom stereocenters. The lowest BCUT2D eigenvalue weighted by molar-refractivity contribution is -0.137. The Morgan fingerprint density at radius 2 is 1.83 bits per heavy atom. The molecule has 29 heavy (non-hydrogen) atoms. The second-order valence-corrected chi connectivity index (χ2v) is 8.30. The van der Waals surface area contributed by atoms with Crippen molar-refractivity contribution in [1.29, 1.82) is 0 Å². The fourth-order valence-corrected chi connectivity index (χ4v) is 4.18. The van der Waals surface area contributed by atoms with Crippen molar-refractivity contribution in [3.05, 3.63) is 65.4 Å². The number of fused-ring (bicyclic) bond motifs is 1. The first-order chi connectivity index (χ1) is 13.6. The summed E-state index contributed by atoms with van der Waals surface area (Å²) in [6.07, 6.45) is -1.96. The van der Waals surface area contributed by atoms with E-state index in [4.69, 9.17) is 4.74 Å². The molecule has 1 saturated carbocycles. The van der Waals surface area contributed by atoms with Gasteiger partial charge in [-0.2, -0.15) is 13.2 Å². The fraction of sp³-hybridized carbons (Fsp3) is 0.348. The first kappa shape index (κ1) is 19.6. The predicted molar refractivity (Wildman–Crippen MR) is 105 cm³/mol. The lowest BCUT2D eigenvalue weighted by atomic mass is 9.57. The van der Waals surface area contributed by atoms with Crippen LogP contribution in [0.2, 0.25) is 0 Å². The summed E-state index contributed by atoms with van der Waals surface area (Å²) in [6.45, 7) is 5.67. The number of hydrogen-bond acceptors (Lipinski definition) is 2. The maximum atomic E-state index is 12.8. The number of alkyl halides is 3. The molecule has 3 aromatic rings. The molecule has 1 aliphatic rings. The largest absolute Gasteiger partial charge is 0.490 e. The van der Waals surface area contributed by atoms with Crippen LogP contribution in [0.5, 0.6) is 5.75 Å². The van der Waals surface area contributed by atoms with Gasteiger partial charge < -0.3 is 9.72 Å². The van der Waals surface area contributed by atoms with E-state index in [9.17, 15) is 18.0 Å². The Morgan fingerprint density at radius 3 is 2.41 bits per heavy atom. The molecule has 152 valence electrons. The molecule has 0 radical (unpaired) electrons. The van der Waals surface area contributed by atoms with E-state index < -0.39 is 11.7 Å². The number of carbonyl (C=O) groups is 1.